The molecular formula is C13H24. The maximum atomic E-state index is 2.49. The van der Waals surface area contributed by atoms with Gasteiger partial charge in [0.25, 0.3) is 0 Å². The van der Waals surface area contributed by atoms with Gasteiger partial charge in [-0.2, -0.15) is 0 Å². The quantitative estimate of drug-likeness (QED) is 0.556. The monoisotopic (exact) mass is 180 g/mol. The van der Waals surface area contributed by atoms with Crippen molar-refractivity contribution in [2.45, 2.75) is 59.3 Å². The van der Waals surface area contributed by atoms with Crippen LogP contribution in [0, 0.1) is 11.8 Å². The van der Waals surface area contributed by atoms with E-state index in [0.717, 1.165) is 11.8 Å². The van der Waals surface area contributed by atoms with Crippen molar-refractivity contribution in [1.82, 2.24) is 0 Å². The van der Waals surface area contributed by atoms with Crippen LogP contribution in [0.1, 0.15) is 59.3 Å². The molecule has 0 nitrogen and oxygen atoms in total. The summed E-state index contributed by atoms with van der Waals surface area (Å²) in [6.45, 7) is 7.02. The average Bonchev–Trinajstić information content (AvgIpc) is 2.03. The zero-order valence-electron chi connectivity index (χ0n) is 9.47. The van der Waals surface area contributed by atoms with Gasteiger partial charge in [0.1, 0.15) is 0 Å². The first-order chi connectivity index (χ1) is 6.18. The number of rotatable bonds is 4. The first-order valence-electron chi connectivity index (χ1n) is 5.86. The number of allylic oxidation sites excluding steroid dienone is 2. The fraction of sp³-hybridized carbons (Fsp3) is 0.846. The normalized spacial score (nSPS) is 23.4. The van der Waals surface area contributed by atoms with Crippen LogP contribution in [0.25, 0.3) is 0 Å². The summed E-state index contributed by atoms with van der Waals surface area (Å²) in [5.41, 5.74) is 1.74. The molecule has 0 saturated carbocycles. The molecule has 1 rings (SSSR count). The molecule has 1 aliphatic rings. The summed E-state index contributed by atoms with van der Waals surface area (Å²) in [5, 5.41) is 0. The minimum atomic E-state index is 0.876. The highest BCUT2D eigenvalue weighted by atomic mass is 14.2. The predicted molar refractivity (Wildman–Crippen MR) is 59.8 cm³/mol. The zero-order chi connectivity index (χ0) is 9.68. The van der Waals surface area contributed by atoms with Crippen LogP contribution in [-0.4, -0.2) is 0 Å². The molecule has 0 fully saturated rings. The minimum Gasteiger partial charge on any atom is -0.0853 e. The highest BCUT2D eigenvalue weighted by Crippen LogP contribution is 2.27. The molecule has 0 amide bonds. The van der Waals surface area contributed by atoms with Gasteiger partial charge in [-0.25, -0.2) is 0 Å². The Morgan fingerprint density at radius 1 is 1.46 bits per heavy atom. The molecule has 0 radical (unpaired) electrons. The molecule has 1 unspecified atom stereocenters. The smallest absolute Gasteiger partial charge is 0.0294 e. The Bertz CT molecular complexity index is 165. The summed E-state index contributed by atoms with van der Waals surface area (Å²) >= 11 is 0. The molecule has 0 aromatic heterocycles. The standard InChI is InChI=1S/C13H24/c1-11(2)6-4-8-13-9-5-7-12(3)10-13/h9,11-12H,4-8,10H2,1-3H3. The van der Waals surface area contributed by atoms with Crippen molar-refractivity contribution in [3.05, 3.63) is 11.6 Å². The third-order valence-electron chi connectivity index (χ3n) is 2.98. The molecule has 0 heteroatoms. The first-order valence-corrected chi connectivity index (χ1v) is 5.86. The lowest BCUT2D eigenvalue weighted by Crippen LogP contribution is -2.02. The molecule has 0 spiro atoms. The second-order valence-electron chi connectivity index (χ2n) is 5.04. The Kier molecular flexibility index (Phi) is 4.55. The van der Waals surface area contributed by atoms with E-state index in [4.69, 9.17) is 0 Å². The Balaban J connectivity index is 2.17. The number of hydrogen-bond acceptors (Lipinski definition) is 0. The van der Waals surface area contributed by atoms with Gasteiger partial charge in [0.15, 0.2) is 0 Å². The first kappa shape index (κ1) is 10.8. The van der Waals surface area contributed by atoms with Gasteiger partial charge < -0.3 is 0 Å². The lowest BCUT2D eigenvalue weighted by Gasteiger charge is -2.19. The van der Waals surface area contributed by atoms with Gasteiger partial charge in [-0.3, -0.25) is 0 Å². The third kappa shape index (κ3) is 4.50. The van der Waals surface area contributed by atoms with E-state index in [9.17, 15) is 0 Å². The lowest BCUT2D eigenvalue weighted by molar-refractivity contribution is 0.484. The Morgan fingerprint density at radius 3 is 2.85 bits per heavy atom. The van der Waals surface area contributed by atoms with Crippen LogP contribution >= 0.6 is 0 Å². The summed E-state index contributed by atoms with van der Waals surface area (Å²) in [6, 6.07) is 0. The number of hydrogen-bond donors (Lipinski definition) is 0. The molecule has 0 N–H and O–H groups in total. The molecule has 76 valence electrons. The van der Waals surface area contributed by atoms with Gasteiger partial charge in [0.05, 0.1) is 0 Å². The Labute approximate surface area is 83.4 Å². The van der Waals surface area contributed by atoms with Crippen molar-refractivity contribution in [1.29, 1.82) is 0 Å². The van der Waals surface area contributed by atoms with E-state index < -0.39 is 0 Å². The van der Waals surface area contributed by atoms with Crippen LogP contribution in [0.3, 0.4) is 0 Å². The van der Waals surface area contributed by atoms with Crippen LogP contribution in [0.15, 0.2) is 11.6 Å². The molecule has 0 heterocycles. The zero-order valence-corrected chi connectivity index (χ0v) is 9.47. The summed E-state index contributed by atoms with van der Waals surface area (Å²) in [4.78, 5) is 0. The fourth-order valence-corrected chi connectivity index (χ4v) is 2.15. The minimum absolute atomic E-state index is 0.876. The second-order valence-corrected chi connectivity index (χ2v) is 5.04. The van der Waals surface area contributed by atoms with E-state index in [1.54, 1.807) is 5.57 Å². The van der Waals surface area contributed by atoms with Gasteiger partial charge in [-0.1, -0.05) is 38.8 Å². The van der Waals surface area contributed by atoms with Crippen molar-refractivity contribution in [2.24, 2.45) is 11.8 Å². The van der Waals surface area contributed by atoms with Crippen molar-refractivity contribution >= 4 is 0 Å². The largest absolute Gasteiger partial charge is 0.0853 e. The Morgan fingerprint density at radius 2 is 2.23 bits per heavy atom. The predicted octanol–water partition coefficient (Wildman–Crippen LogP) is 4.56. The summed E-state index contributed by atoms with van der Waals surface area (Å²) in [5.74, 6) is 1.82. The van der Waals surface area contributed by atoms with E-state index in [2.05, 4.69) is 26.8 Å². The van der Waals surface area contributed by atoms with Gasteiger partial charge in [-0.15, -0.1) is 0 Å². The van der Waals surface area contributed by atoms with Crippen molar-refractivity contribution in [3.63, 3.8) is 0 Å². The van der Waals surface area contributed by atoms with E-state index in [0.29, 0.717) is 0 Å². The molecule has 0 aromatic rings. The lowest BCUT2D eigenvalue weighted by atomic mass is 9.87. The summed E-state index contributed by atoms with van der Waals surface area (Å²) in [7, 11) is 0. The fourth-order valence-electron chi connectivity index (χ4n) is 2.15. The van der Waals surface area contributed by atoms with Crippen molar-refractivity contribution in [3.8, 4) is 0 Å². The molecule has 0 aromatic carbocycles. The van der Waals surface area contributed by atoms with Crippen LogP contribution < -0.4 is 0 Å². The molecular weight excluding hydrogens is 156 g/mol. The highest BCUT2D eigenvalue weighted by molar-refractivity contribution is 5.06. The average molecular weight is 180 g/mol. The molecule has 0 aliphatic heterocycles. The molecule has 13 heavy (non-hydrogen) atoms. The van der Waals surface area contributed by atoms with Crippen LogP contribution in [0.4, 0.5) is 0 Å². The highest BCUT2D eigenvalue weighted by Gasteiger charge is 2.10. The topological polar surface area (TPSA) is 0 Å². The summed E-state index contributed by atoms with van der Waals surface area (Å²) < 4.78 is 0. The van der Waals surface area contributed by atoms with E-state index >= 15 is 0 Å². The summed E-state index contributed by atoms with van der Waals surface area (Å²) in [6.07, 6.45) is 10.8. The SMILES string of the molecule is CC(C)CCCC1=CCCC(C)C1. The van der Waals surface area contributed by atoms with Gasteiger partial charge in [0.2, 0.25) is 0 Å². The molecule has 0 saturated heterocycles. The van der Waals surface area contributed by atoms with Crippen LogP contribution in [0.2, 0.25) is 0 Å². The second kappa shape index (κ2) is 5.47. The maximum absolute atomic E-state index is 2.49. The molecule has 1 atom stereocenters. The van der Waals surface area contributed by atoms with Crippen molar-refractivity contribution < 1.29 is 0 Å². The van der Waals surface area contributed by atoms with E-state index in [1.165, 1.54) is 38.5 Å². The molecule has 0 bridgehead atoms. The van der Waals surface area contributed by atoms with Crippen LogP contribution in [0.5, 0.6) is 0 Å². The molecule has 1 aliphatic carbocycles. The van der Waals surface area contributed by atoms with Gasteiger partial charge in [0, 0.05) is 0 Å². The van der Waals surface area contributed by atoms with Crippen molar-refractivity contribution in [2.75, 3.05) is 0 Å². The van der Waals surface area contributed by atoms with Gasteiger partial charge >= 0.3 is 0 Å². The van der Waals surface area contributed by atoms with E-state index in [-0.39, 0.29) is 0 Å². The van der Waals surface area contributed by atoms with E-state index in [1.807, 2.05) is 0 Å². The maximum Gasteiger partial charge on any atom is -0.0294 e. The Hall–Kier alpha value is -0.260. The third-order valence-corrected chi connectivity index (χ3v) is 2.98. The van der Waals surface area contributed by atoms with Crippen LogP contribution in [-0.2, 0) is 0 Å². The van der Waals surface area contributed by atoms with Gasteiger partial charge in [-0.05, 0) is 43.9 Å².